The first kappa shape index (κ1) is 14.1. The molecule has 0 fully saturated rings. The van der Waals surface area contributed by atoms with E-state index in [2.05, 4.69) is 19.6 Å². The quantitative estimate of drug-likeness (QED) is 0.696. The van der Waals surface area contributed by atoms with Gasteiger partial charge in [0.2, 0.25) is 0 Å². The van der Waals surface area contributed by atoms with Gasteiger partial charge in [-0.1, -0.05) is 6.07 Å². The Bertz CT molecular complexity index is 757. The highest BCUT2D eigenvalue weighted by atomic mass is 35.5. The number of imidazole rings is 1. The van der Waals surface area contributed by atoms with E-state index in [-0.39, 0.29) is 5.38 Å². The molecule has 0 N–H and O–H groups in total. The number of fused-ring (bicyclic) bond motifs is 1. The summed E-state index contributed by atoms with van der Waals surface area (Å²) < 4.78 is 4.03. The van der Waals surface area contributed by atoms with Crippen molar-refractivity contribution in [2.75, 3.05) is 0 Å². The first-order chi connectivity index (χ1) is 10.1. The second-order valence-corrected chi connectivity index (χ2v) is 5.84. The summed E-state index contributed by atoms with van der Waals surface area (Å²) in [4.78, 5) is 9.04. The summed E-state index contributed by atoms with van der Waals surface area (Å²) in [6, 6.07) is 5.97. The Morgan fingerprint density at radius 3 is 2.81 bits per heavy atom. The molecule has 3 rings (SSSR count). The number of nitrogens with zero attached hydrogens (tertiary/aromatic N) is 5. The molecule has 110 valence electrons. The Kier molecular flexibility index (Phi) is 3.68. The smallest absolute Gasteiger partial charge is 0.158 e. The van der Waals surface area contributed by atoms with Crippen LogP contribution < -0.4 is 0 Å². The average Bonchev–Trinajstić information content (AvgIpc) is 2.97. The fourth-order valence-electron chi connectivity index (χ4n) is 2.65. The van der Waals surface area contributed by atoms with Crippen molar-refractivity contribution in [3.63, 3.8) is 0 Å². The van der Waals surface area contributed by atoms with E-state index in [9.17, 15) is 0 Å². The predicted molar refractivity (Wildman–Crippen MR) is 83.4 cm³/mol. The highest BCUT2D eigenvalue weighted by Crippen LogP contribution is 2.26. The van der Waals surface area contributed by atoms with Crippen molar-refractivity contribution in [1.29, 1.82) is 0 Å². The van der Waals surface area contributed by atoms with Crippen LogP contribution in [-0.2, 0) is 20.0 Å². The Hall–Kier alpha value is -1.88. The lowest BCUT2D eigenvalue weighted by Crippen LogP contribution is -2.10. The molecule has 3 aromatic rings. The standard InChI is InChI=1S/C15H18ClN5/c1-10(16)14-18-13-11(2)19-20(3)15(13)21(14)9-7-12-6-4-5-8-17-12/h4-6,8,10H,7,9H2,1-3H3. The summed E-state index contributed by atoms with van der Waals surface area (Å²) in [5, 5.41) is 4.30. The SMILES string of the molecule is Cc1nn(C)c2c1nc(C(C)Cl)n2CCc1ccccn1. The van der Waals surface area contributed by atoms with Gasteiger partial charge in [-0.15, -0.1) is 11.6 Å². The molecule has 3 aromatic heterocycles. The van der Waals surface area contributed by atoms with Gasteiger partial charge >= 0.3 is 0 Å². The van der Waals surface area contributed by atoms with Crippen molar-refractivity contribution >= 4 is 22.8 Å². The van der Waals surface area contributed by atoms with E-state index in [1.807, 2.05) is 50.0 Å². The summed E-state index contributed by atoms with van der Waals surface area (Å²) in [6.07, 6.45) is 2.66. The van der Waals surface area contributed by atoms with E-state index in [4.69, 9.17) is 11.6 Å². The van der Waals surface area contributed by atoms with Crippen LogP contribution in [0.2, 0.25) is 0 Å². The molecule has 21 heavy (non-hydrogen) atoms. The second kappa shape index (κ2) is 5.48. The topological polar surface area (TPSA) is 48.5 Å². The highest BCUT2D eigenvalue weighted by Gasteiger charge is 2.19. The first-order valence-electron chi connectivity index (χ1n) is 7.01. The Morgan fingerprint density at radius 2 is 2.14 bits per heavy atom. The van der Waals surface area contributed by atoms with Gasteiger partial charge in [-0.05, 0) is 26.0 Å². The number of rotatable bonds is 4. The zero-order valence-corrected chi connectivity index (χ0v) is 13.2. The third-order valence-corrected chi connectivity index (χ3v) is 3.79. The van der Waals surface area contributed by atoms with Crippen LogP contribution in [0.3, 0.4) is 0 Å². The molecule has 0 aliphatic heterocycles. The van der Waals surface area contributed by atoms with Gasteiger partial charge in [0, 0.05) is 31.9 Å². The van der Waals surface area contributed by atoms with Crippen LogP contribution in [0.1, 0.15) is 29.5 Å². The molecular formula is C15H18ClN5. The molecule has 0 aliphatic carbocycles. The van der Waals surface area contributed by atoms with Crippen molar-refractivity contribution in [2.24, 2.45) is 7.05 Å². The number of pyridine rings is 1. The zero-order chi connectivity index (χ0) is 15.0. The normalized spacial score (nSPS) is 13.0. The minimum atomic E-state index is -0.138. The summed E-state index contributed by atoms with van der Waals surface area (Å²) in [6.45, 7) is 4.71. The van der Waals surface area contributed by atoms with Crippen LogP contribution in [-0.4, -0.2) is 24.3 Å². The van der Waals surface area contributed by atoms with Gasteiger partial charge in [0.1, 0.15) is 11.3 Å². The summed E-state index contributed by atoms with van der Waals surface area (Å²) >= 11 is 6.29. The lowest BCUT2D eigenvalue weighted by atomic mass is 10.2. The molecule has 0 bridgehead atoms. The second-order valence-electron chi connectivity index (χ2n) is 5.19. The molecule has 0 amide bonds. The van der Waals surface area contributed by atoms with E-state index in [0.29, 0.717) is 0 Å². The van der Waals surface area contributed by atoms with Crippen molar-refractivity contribution in [3.05, 3.63) is 41.6 Å². The molecule has 6 heteroatoms. The van der Waals surface area contributed by atoms with Crippen LogP contribution in [0.5, 0.6) is 0 Å². The van der Waals surface area contributed by atoms with Crippen LogP contribution in [0.15, 0.2) is 24.4 Å². The van der Waals surface area contributed by atoms with E-state index in [1.165, 1.54) is 0 Å². The molecule has 1 unspecified atom stereocenters. The lowest BCUT2D eigenvalue weighted by molar-refractivity contribution is 0.631. The van der Waals surface area contributed by atoms with Crippen LogP contribution >= 0.6 is 11.6 Å². The molecular weight excluding hydrogens is 286 g/mol. The number of hydrogen-bond donors (Lipinski definition) is 0. The number of aromatic nitrogens is 5. The largest absolute Gasteiger partial charge is 0.311 e. The van der Waals surface area contributed by atoms with E-state index in [1.54, 1.807) is 0 Å². The van der Waals surface area contributed by atoms with Gasteiger partial charge in [0.25, 0.3) is 0 Å². The molecule has 0 saturated carbocycles. The van der Waals surface area contributed by atoms with E-state index >= 15 is 0 Å². The third kappa shape index (κ3) is 2.53. The monoisotopic (exact) mass is 303 g/mol. The van der Waals surface area contributed by atoms with Gasteiger partial charge < -0.3 is 4.57 Å². The van der Waals surface area contributed by atoms with Crippen molar-refractivity contribution in [1.82, 2.24) is 24.3 Å². The van der Waals surface area contributed by atoms with Gasteiger partial charge in [0.05, 0.1) is 11.1 Å². The molecule has 0 spiro atoms. The molecule has 0 aliphatic rings. The lowest BCUT2D eigenvalue weighted by Gasteiger charge is -2.10. The number of hydrogen-bond acceptors (Lipinski definition) is 3. The molecule has 5 nitrogen and oxygen atoms in total. The fraction of sp³-hybridized carbons (Fsp3) is 0.400. The zero-order valence-electron chi connectivity index (χ0n) is 12.4. The van der Waals surface area contributed by atoms with E-state index in [0.717, 1.165) is 41.3 Å². The average molecular weight is 304 g/mol. The van der Waals surface area contributed by atoms with Gasteiger partial charge in [-0.3, -0.25) is 9.67 Å². The molecule has 1 atom stereocenters. The van der Waals surface area contributed by atoms with Gasteiger partial charge in [0.15, 0.2) is 5.65 Å². The van der Waals surface area contributed by atoms with Gasteiger partial charge in [-0.25, -0.2) is 4.98 Å². The van der Waals surface area contributed by atoms with Crippen molar-refractivity contribution in [3.8, 4) is 0 Å². The Balaban J connectivity index is 2.01. The van der Waals surface area contributed by atoms with E-state index < -0.39 is 0 Å². The van der Waals surface area contributed by atoms with Crippen LogP contribution in [0.25, 0.3) is 11.2 Å². The van der Waals surface area contributed by atoms with Crippen LogP contribution in [0, 0.1) is 6.92 Å². The Labute approximate surface area is 128 Å². The highest BCUT2D eigenvalue weighted by molar-refractivity contribution is 6.20. The number of halogens is 1. The minimum absolute atomic E-state index is 0.138. The maximum Gasteiger partial charge on any atom is 0.158 e. The molecule has 0 saturated heterocycles. The maximum atomic E-state index is 6.29. The summed E-state index contributed by atoms with van der Waals surface area (Å²) in [5.74, 6) is 0.888. The van der Waals surface area contributed by atoms with Crippen molar-refractivity contribution in [2.45, 2.75) is 32.2 Å². The van der Waals surface area contributed by atoms with Gasteiger partial charge in [-0.2, -0.15) is 5.10 Å². The fourth-order valence-corrected chi connectivity index (χ4v) is 2.81. The van der Waals surface area contributed by atoms with Crippen molar-refractivity contribution < 1.29 is 0 Å². The van der Waals surface area contributed by atoms with Crippen LogP contribution in [0.4, 0.5) is 0 Å². The molecule has 0 radical (unpaired) electrons. The minimum Gasteiger partial charge on any atom is -0.311 e. The number of alkyl halides is 1. The summed E-state index contributed by atoms with van der Waals surface area (Å²) in [7, 11) is 1.94. The predicted octanol–water partition coefficient (Wildman–Crippen LogP) is 3.02. The molecule has 0 aromatic carbocycles. The summed E-state index contributed by atoms with van der Waals surface area (Å²) in [5.41, 5.74) is 3.95. The third-order valence-electron chi connectivity index (χ3n) is 3.59. The first-order valence-corrected chi connectivity index (χ1v) is 7.45. The maximum absolute atomic E-state index is 6.29. The Morgan fingerprint density at radius 1 is 1.33 bits per heavy atom. The number of aryl methyl sites for hydroxylation is 4. The molecule has 3 heterocycles.